The Hall–Kier alpha value is -1.63. The fourth-order valence-electron chi connectivity index (χ4n) is 3.72. The topological polar surface area (TPSA) is 23.5 Å². The molecule has 0 saturated carbocycles. The average Bonchev–Trinajstić information content (AvgIpc) is 3.18. The molecular formula is C23H28F3NOS. The molecule has 2 nitrogen and oxygen atoms in total. The van der Waals surface area contributed by atoms with Crippen LogP contribution in [0.15, 0.2) is 35.7 Å². The Morgan fingerprint density at radius 2 is 1.69 bits per heavy atom. The van der Waals surface area contributed by atoms with E-state index in [1.54, 1.807) is 0 Å². The van der Waals surface area contributed by atoms with Crippen molar-refractivity contribution < 1.29 is 18.3 Å². The number of benzene rings is 2. The number of aliphatic hydroxyl groups excluding tert-OH is 1. The number of nitrogens with zero attached hydrogens (tertiary/aromatic N) is 1. The third-order valence-corrected chi connectivity index (χ3v) is 6.31. The number of hydrogen-bond donors (Lipinski definition) is 1. The molecule has 1 unspecified atom stereocenters. The summed E-state index contributed by atoms with van der Waals surface area (Å²) in [7, 11) is 0. The Labute approximate surface area is 174 Å². The predicted octanol–water partition coefficient (Wildman–Crippen LogP) is 7.01. The van der Waals surface area contributed by atoms with E-state index in [2.05, 4.69) is 18.7 Å². The van der Waals surface area contributed by atoms with Gasteiger partial charge >= 0.3 is 6.18 Å². The molecule has 0 saturated heterocycles. The minimum absolute atomic E-state index is 0.539. The van der Waals surface area contributed by atoms with E-state index < -0.39 is 17.8 Å². The number of thiophene rings is 1. The van der Waals surface area contributed by atoms with Crippen LogP contribution in [0.1, 0.15) is 56.8 Å². The van der Waals surface area contributed by atoms with Crippen molar-refractivity contribution in [1.82, 2.24) is 4.90 Å². The molecule has 29 heavy (non-hydrogen) atoms. The van der Waals surface area contributed by atoms with Crippen LogP contribution in [-0.4, -0.2) is 29.6 Å². The van der Waals surface area contributed by atoms with Gasteiger partial charge in [0.25, 0.3) is 0 Å². The van der Waals surface area contributed by atoms with E-state index in [0.29, 0.717) is 11.9 Å². The predicted molar refractivity (Wildman–Crippen MR) is 116 cm³/mol. The minimum atomic E-state index is -4.37. The van der Waals surface area contributed by atoms with Crippen LogP contribution < -0.4 is 0 Å². The second-order valence-corrected chi connectivity index (χ2v) is 8.50. The lowest BCUT2D eigenvalue weighted by atomic mass is 9.97. The third-order valence-electron chi connectivity index (χ3n) is 5.36. The van der Waals surface area contributed by atoms with E-state index in [9.17, 15) is 18.3 Å². The Balaban J connectivity index is 1.96. The van der Waals surface area contributed by atoms with E-state index in [-0.39, 0.29) is 0 Å². The summed E-state index contributed by atoms with van der Waals surface area (Å²) in [6.07, 6.45) is -0.664. The van der Waals surface area contributed by atoms with E-state index in [1.807, 2.05) is 17.5 Å². The molecule has 1 atom stereocenters. The van der Waals surface area contributed by atoms with Crippen LogP contribution in [0, 0.1) is 0 Å². The molecule has 0 amide bonds. The highest BCUT2D eigenvalue weighted by atomic mass is 32.1. The first kappa shape index (κ1) is 22.1. The lowest BCUT2D eigenvalue weighted by Gasteiger charge is -2.25. The third kappa shape index (κ3) is 5.11. The van der Waals surface area contributed by atoms with Gasteiger partial charge in [-0.1, -0.05) is 32.8 Å². The summed E-state index contributed by atoms with van der Waals surface area (Å²) in [6.45, 7) is 6.74. The summed E-state index contributed by atoms with van der Waals surface area (Å²) >= 11 is 1.42. The van der Waals surface area contributed by atoms with E-state index >= 15 is 0 Å². The zero-order valence-electron chi connectivity index (χ0n) is 16.9. The molecule has 1 aromatic heterocycles. The SMILES string of the molecule is CCCCN(CCCC)CC(O)c1cc2ccc(C(F)(F)F)cc2c2sccc12. The highest BCUT2D eigenvalue weighted by Crippen LogP contribution is 2.39. The molecule has 2 aromatic carbocycles. The van der Waals surface area contributed by atoms with Crippen LogP contribution in [-0.2, 0) is 6.18 Å². The number of halogens is 3. The van der Waals surface area contributed by atoms with Crippen molar-refractivity contribution in [1.29, 1.82) is 0 Å². The van der Waals surface area contributed by atoms with Crippen LogP contribution >= 0.6 is 11.3 Å². The van der Waals surface area contributed by atoms with Gasteiger partial charge < -0.3 is 10.0 Å². The molecule has 0 aliphatic carbocycles. The summed E-state index contributed by atoms with van der Waals surface area (Å²) in [5.74, 6) is 0. The van der Waals surface area contributed by atoms with Crippen LogP contribution in [0.4, 0.5) is 13.2 Å². The fraction of sp³-hybridized carbons (Fsp3) is 0.478. The standard InChI is InChI=1S/C23H28F3NOS/c1-3-5-10-27(11-6-4-2)15-21(28)20-13-16-7-8-17(23(24,25)26)14-19(16)22-18(20)9-12-29-22/h7-9,12-14,21,28H,3-6,10-11,15H2,1-2H3. The smallest absolute Gasteiger partial charge is 0.387 e. The van der Waals surface area contributed by atoms with Gasteiger partial charge in [-0.15, -0.1) is 11.3 Å². The number of fused-ring (bicyclic) bond motifs is 3. The van der Waals surface area contributed by atoms with E-state index in [1.165, 1.54) is 23.5 Å². The normalized spacial score (nSPS) is 13.6. The van der Waals surface area contributed by atoms with Gasteiger partial charge in [0.15, 0.2) is 0 Å². The molecule has 1 heterocycles. The average molecular weight is 424 g/mol. The zero-order valence-corrected chi connectivity index (χ0v) is 17.7. The van der Waals surface area contributed by atoms with Gasteiger partial charge in [0.05, 0.1) is 11.7 Å². The number of unbranched alkanes of at least 4 members (excludes halogenated alkanes) is 2. The Morgan fingerprint density at radius 3 is 2.31 bits per heavy atom. The molecule has 0 aliphatic rings. The van der Waals surface area contributed by atoms with Crippen LogP contribution in [0.5, 0.6) is 0 Å². The van der Waals surface area contributed by atoms with Gasteiger partial charge in [-0.2, -0.15) is 13.2 Å². The maximum Gasteiger partial charge on any atom is 0.416 e. The van der Waals surface area contributed by atoms with Crippen LogP contribution in [0.3, 0.4) is 0 Å². The first-order valence-corrected chi connectivity index (χ1v) is 11.1. The molecule has 0 fully saturated rings. The Morgan fingerprint density at radius 1 is 1.00 bits per heavy atom. The molecule has 0 bridgehead atoms. The van der Waals surface area contributed by atoms with Gasteiger partial charge in [0, 0.05) is 16.6 Å². The maximum absolute atomic E-state index is 13.2. The monoisotopic (exact) mass is 423 g/mol. The molecule has 3 rings (SSSR count). The number of aliphatic hydroxyl groups is 1. The van der Waals surface area contributed by atoms with Gasteiger partial charge in [-0.25, -0.2) is 0 Å². The summed E-state index contributed by atoms with van der Waals surface area (Å²) in [4.78, 5) is 2.30. The van der Waals surface area contributed by atoms with E-state index in [0.717, 1.165) is 65.9 Å². The van der Waals surface area contributed by atoms with Crippen molar-refractivity contribution in [2.24, 2.45) is 0 Å². The summed E-state index contributed by atoms with van der Waals surface area (Å²) in [6, 6.07) is 7.61. The van der Waals surface area contributed by atoms with Gasteiger partial charge in [-0.05, 0) is 71.9 Å². The second kappa shape index (κ2) is 9.45. The Kier molecular flexibility index (Phi) is 7.19. The summed E-state index contributed by atoms with van der Waals surface area (Å²) in [5, 5.41) is 15.1. The van der Waals surface area contributed by atoms with Crippen molar-refractivity contribution in [3.05, 3.63) is 46.8 Å². The lowest BCUT2D eigenvalue weighted by Crippen LogP contribution is -2.30. The van der Waals surface area contributed by atoms with Crippen LogP contribution in [0.2, 0.25) is 0 Å². The second-order valence-electron chi connectivity index (χ2n) is 7.59. The van der Waals surface area contributed by atoms with Gasteiger partial charge in [-0.3, -0.25) is 0 Å². The van der Waals surface area contributed by atoms with Crippen molar-refractivity contribution in [3.8, 4) is 0 Å². The van der Waals surface area contributed by atoms with Crippen LogP contribution in [0.25, 0.3) is 20.9 Å². The highest BCUT2D eigenvalue weighted by Gasteiger charge is 2.31. The molecule has 158 valence electrons. The minimum Gasteiger partial charge on any atom is -0.387 e. The first-order chi connectivity index (χ1) is 13.8. The lowest BCUT2D eigenvalue weighted by molar-refractivity contribution is -0.137. The quantitative estimate of drug-likeness (QED) is 0.400. The molecule has 3 aromatic rings. The van der Waals surface area contributed by atoms with Crippen molar-refractivity contribution in [2.45, 2.75) is 51.8 Å². The Bertz CT molecular complexity index is 942. The number of hydrogen-bond acceptors (Lipinski definition) is 3. The maximum atomic E-state index is 13.2. The fourth-order valence-corrected chi connectivity index (χ4v) is 4.68. The zero-order chi connectivity index (χ0) is 21.0. The van der Waals surface area contributed by atoms with Crippen molar-refractivity contribution in [2.75, 3.05) is 19.6 Å². The van der Waals surface area contributed by atoms with Gasteiger partial charge in [0.1, 0.15) is 0 Å². The van der Waals surface area contributed by atoms with Crippen molar-refractivity contribution >= 4 is 32.2 Å². The molecule has 6 heteroatoms. The molecule has 0 radical (unpaired) electrons. The van der Waals surface area contributed by atoms with Crippen molar-refractivity contribution in [3.63, 3.8) is 0 Å². The van der Waals surface area contributed by atoms with E-state index in [4.69, 9.17) is 0 Å². The largest absolute Gasteiger partial charge is 0.416 e. The summed E-state index contributed by atoms with van der Waals surface area (Å²) < 4.78 is 40.3. The summed E-state index contributed by atoms with van der Waals surface area (Å²) in [5.41, 5.74) is 0.157. The highest BCUT2D eigenvalue weighted by molar-refractivity contribution is 7.18. The molecular weight excluding hydrogens is 395 g/mol. The number of rotatable bonds is 9. The molecule has 0 aliphatic heterocycles. The first-order valence-electron chi connectivity index (χ1n) is 10.3. The molecule has 1 N–H and O–H groups in total. The van der Waals surface area contributed by atoms with Gasteiger partial charge in [0.2, 0.25) is 0 Å². The number of alkyl halides is 3. The molecule has 0 spiro atoms.